The lowest BCUT2D eigenvalue weighted by Crippen LogP contribution is -2.39. The maximum absolute atomic E-state index is 12.4. The maximum Gasteiger partial charge on any atom is 0.216 e. The molecule has 21 heavy (non-hydrogen) atoms. The fraction of sp³-hybridized carbons (Fsp3) is 0.625. The zero-order valence-electron chi connectivity index (χ0n) is 12.5. The van der Waals surface area contributed by atoms with E-state index in [1.165, 1.54) is 19.3 Å². The first-order chi connectivity index (χ1) is 10.1. The SMILES string of the molecule is CNCc1cccc(CS(=O)(=O)NC2CC3CCC2C3)c1. The third-order valence-electron chi connectivity index (χ3n) is 4.80. The van der Waals surface area contributed by atoms with Gasteiger partial charge in [-0.05, 0) is 49.3 Å². The summed E-state index contributed by atoms with van der Waals surface area (Å²) in [5.74, 6) is 1.40. The van der Waals surface area contributed by atoms with Crippen LogP contribution in [0, 0.1) is 11.8 Å². The molecule has 0 radical (unpaired) electrons. The Morgan fingerprint density at radius 3 is 2.67 bits per heavy atom. The van der Waals surface area contributed by atoms with Crippen molar-refractivity contribution < 1.29 is 8.42 Å². The summed E-state index contributed by atoms with van der Waals surface area (Å²) in [7, 11) is -1.35. The van der Waals surface area contributed by atoms with Crippen molar-refractivity contribution in [2.24, 2.45) is 11.8 Å². The number of hydrogen-bond donors (Lipinski definition) is 2. The van der Waals surface area contributed by atoms with Crippen LogP contribution in [0.4, 0.5) is 0 Å². The van der Waals surface area contributed by atoms with Crippen LogP contribution in [-0.2, 0) is 22.3 Å². The van der Waals surface area contributed by atoms with Crippen LogP contribution in [0.25, 0.3) is 0 Å². The number of nitrogens with one attached hydrogen (secondary N) is 2. The average Bonchev–Trinajstić information content (AvgIpc) is 3.00. The monoisotopic (exact) mass is 308 g/mol. The Morgan fingerprint density at radius 2 is 2.00 bits per heavy atom. The van der Waals surface area contributed by atoms with Crippen molar-refractivity contribution in [1.29, 1.82) is 0 Å². The highest BCUT2D eigenvalue weighted by molar-refractivity contribution is 7.88. The quantitative estimate of drug-likeness (QED) is 0.845. The lowest BCUT2D eigenvalue weighted by Gasteiger charge is -2.22. The minimum absolute atomic E-state index is 0.0818. The molecule has 2 aliphatic rings. The molecule has 0 aliphatic heterocycles. The first-order valence-electron chi connectivity index (χ1n) is 7.78. The Morgan fingerprint density at radius 1 is 1.19 bits per heavy atom. The number of sulfonamides is 1. The van der Waals surface area contributed by atoms with E-state index in [0.717, 1.165) is 30.0 Å². The molecule has 3 atom stereocenters. The normalized spacial score (nSPS) is 28.1. The molecule has 2 aliphatic carbocycles. The number of hydrogen-bond acceptors (Lipinski definition) is 3. The van der Waals surface area contributed by atoms with Gasteiger partial charge in [-0.25, -0.2) is 13.1 Å². The largest absolute Gasteiger partial charge is 0.316 e. The van der Waals surface area contributed by atoms with E-state index in [4.69, 9.17) is 0 Å². The summed E-state index contributed by atoms with van der Waals surface area (Å²) in [5.41, 5.74) is 1.98. The van der Waals surface area contributed by atoms with E-state index in [2.05, 4.69) is 10.0 Å². The summed E-state index contributed by atoms with van der Waals surface area (Å²) in [4.78, 5) is 0. The van der Waals surface area contributed by atoms with Crippen molar-refractivity contribution in [2.75, 3.05) is 7.05 Å². The van der Waals surface area contributed by atoms with Gasteiger partial charge in [-0.2, -0.15) is 0 Å². The second-order valence-corrected chi connectivity index (χ2v) is 8.26. The third kappa shape index (κ3) is 3.65. The summed E-state index contributed by atoms with van der Waals surface area (Å²) in [5, 5.41) is 3.09. The molecule has 1 aromatic carbocycles. The van der Waals surface area contributed by atoms with Crippen LogP contribution < -0.4 is 10.0 Å². The molecular weight excluding hydrogens is 284 g/mol. The summed E-state index contributed by atoms with van der Waals surface area (Å²) in [6.45, 7) is 0.758. The molecule has 2 N–H and O–H groups in total. The highest BCUT2D eigenvalue weighted by Gasteiger charge is 2.41. The Balaban J connectivity index is 1.64. The van der Waals surface area contributed by atoms with Crippen molar-refractivity contribution in [2.45, 2.75) is 44.0 Å². The van der Waals surface area contributed by atoms with E-state index in [9.17, 15) is 8.42 Å². The van der Waals surface area contributed by atoms with Crippen LogP contribution in [0.15, 0.2) is 24.3 Å². The molecule has 116 valence electrons. The van der Waals surface area contributed by atoms with Crippen LogP contribution in [-0.4, -0.2) is 21.5 Å². The molecular formula is C16H24N2O2S. The Bertz CT molecular complexity index is 600. The minimum Gasteiger partial charge on any atom is -0.316 e. The smallest absolute Gasteiger partial charge is 0.216 e. The van der Waals surface area contributed by atoms with Gasteiger partial charge in [-0.3, -0.25) is 0 Å². The van der Waals surface area contributed by atoms with Crippen LogP contribution in [0.1, 0.15) is 36.8 Å². The predicted molar refractivity (Wildman–Crippen MR) is 84.2 cm³/mol. The Hall–Kier alpha value is -0.910. The van der Waals surface area contributed by atoms with E-state index < -0.39 is 10.0 Å². The number of rotatable bonds is 6. The summed E-state index contributed by atoms with van der Waals surface area (Å²) in [6, 6.07) is 7.97. The topological polar surface area (TPSA) is 58.2 Å². The van der Waals surface area contributed by atoms with Gasteiger partial charge < -0.3 is 5.32 Å². The molecule has 5 heteroatoms. The van der Waals surface area contributed by atoms with Crippen molar-refractivity contribution in [3.8, 4) is 0 Å². The second kappa shape index (κ2) is 6.07. The zero-order chi connectivity index (χ0) is 14.9. The standard InChI is InChI=1S/C16H24N2O2S/c1-17-10-13-3-2-4-14(7-13)11-21(19,20)18-16-9-12-5-6-15(16)8-12/h2-4,7,12,15-18H,5-6,8-11H2,1H3. The van der Waals surface area contributed by atoms with Crippen LogP contribution in [0.2, 0.25) is 0 Å². The highest BCUT2D eigenvalue weighted by Crippen LogP contribution is 2.44. The molecule has 0 heterocycles. The predicted octanol–water partition coefficient (Wildman–Crippen LogP) is 2.01. The molecule has 0 saturated heterocycles. The van der Waals surface area contributed by atoms with Gasteiger partial charge in [0.2, 0.25) is 10.0 Å². The lowest BCUT2D eigenvalue weighted by molar-refractivity contribution is 0.390. The molecule has 0 amide bonds. The van der Waals surface area contributed by atoms with Crippen LogP contribution >= 0.6 is 0 Å². The van der Waals surface area contributed by atoms with E-state index in [-0.39, 0.29) is 11.8 Å². The lowest BCUT2D eigenvalue weighted by atomic mass is 9.96. The van der Waals surface area contributed by atoms with E-state index >= 15 is 0 Å². The summed E-state index contributed by atoms with van der Waals surface area (Å²) < 4.78 is 27.7. The van der Waals surface area contributed by atoms with Gasteiger partial charge >= 0.3 is 0 Å². The maximum atomic E-state index is 12.4. The fourth-order valence-corrected chi connectivity index (χ4v) is 5.37. The minimum atomic E-state index is -3.24. The molecule has 1 aromatic rings. The number of benzene rings is 1. The molecule has 0 aromatic heterocycles. The molecule has 3 rings (SSSR count). The Kier molecular flexibility index (Phi) is 4.33. The van der Waals surface area contributed by atoms with Gasteiger partial charge in [0.25, 0.3) is 0 Å². The molecule has 2 saturated carbocycles. The zero-order valence-corrected chi connectivity index (χ0v) is 13.3. The van der Waals surface area contributed by atoms with Crippen molar-refractivity contribution in [3.05, 3.63) is 35.4 Å². The van der Waals surface area contributed by atoms with Gasteiger partial charge in [0.1, 0.15) is 0 Å². The highest BCUT2D eigenvalue weighted by atomic mass is 32.2. The molecule has 3 unspecified atom stereocenters. The molecule has 2 bridgehead atoms. The van der Waals surface area contributed by atoms with E-state index in [0.29, 0.717) is 5.92 Å². The van der Waals surface area contributed by atoms with Crippen molar-refractivity contribution in [3.63, 3.8) is 0 Å². The first-order valence-corrected chi connectivity index (χ1v) is 9.43. The molecule has 0 spiro atoms. The van der Waals surface area contributed by atoms with Gasteiger partial charge in [-0.15, -0.1) is 0 Å². The van der Waals surface area contributed by atoms with Gasteiger partial charge in [0, 0.05) is 12.6 Å². The fourth-order valence-electron chi connectivity index (χ4n) is 3.91. The second-order valence-electron chi connectivity index (χ2n) is 6.51. The van der Waals surface area contributed by atoms with Crippen molar-refractivity contribution in [1.82, 2.24) is 10.0 Å². The van der Waals surface area contributed by atoms with Gasteiger partial charge in [0.15, 0.2) is 0 Å². The van der Waals surface area contributed by atoms with Crippen LogP contribution in [0.5, 0.6) is 0 Å². The first kappa shape index (κ1) is 15.0. The van der Waals surface area contributed by atoms with Crippen LogP contribution in [0.3, 0.4) is 0 Å². The Labute approximate surface area is 127 Å². The van der Waals surface area contributed by atoms with Gasteiger partial charge in [-0.1, -0.05) is 30.7 Å². The molecule has 2 fully saturated rings. The van der Waals surface area contributed by atoms with E-state index in [1.54, 1.807) is 0 Å². The van der Waals surface area contributed by atoms with Crippen molar-refractivity contribution >= 4 is 10.0 Å². The number of fused-ring (bicyclic) bond motifs is 2. The summed E-state index contributed by atoms with van der Waals surface area (Å²) >= 11 is 0. The third-order valence-corrected chi connectivity index (χ3v) is 6.17. The molecule has 4 nitrogen and oxygen atoms in total. The van der Waals surface area contributed by atoms with E-state index in [1.807, 2.05) is 31.3 Å². The average molecular weight is 308 g/mol. The van der Waals surface area contributed by atoms with Gasteiger partial charge in [0.05, 0.1) is 5.75 Å². The summed E-state index contributed by atoms with van der Waals surface area (Å²) in [6.07, 6.45) is 4.72.